The Morgan fingerprint density at radius 3 is 2.68 bits per heavy atom. The second-order valence-corrected chi connectivity index (χ2v) is 10.1. The number of unbranched alkanes of at least 4 members (excludes halogenated alkanes) is 1. The molecule has 1 N–H and O–H groups in total. The maximum atomic E-state index is 13.1. The molecule has 4 rings (SSSR count). The minimum Gasteiger partial charge on any atom is -0.478 e. The molecule has 0 aromatic heterocycles. The third-order valence-electron chi connectivity index (χ3n) is 5.98. The Bertz CT molecular complexity index is 936. The minimum atomic E-state index is -3.75. The number of amides is 2. The van der Waals surface area contributed by atoms with Gasteiger partial charge in [0.05, 0.1) is 10.6 Å². The van der Waals surface area contributed by atoms with Gasteiger partial charge < -0.3 is 19.7 Å². The third kappa shape index (κ3) is 4.56. The molecule has 3 heterocycles. The smallest absolute Gasteiger partial charge is 0.265 e. The maximum absolute atomic E-state index is 13.1. The normalized spacial score (nSPS) is 24.4. The third-order valence-corrected chi connectivity index (χ3v) is 7.88. The fourth-order valence-electron chi connectivity index (χ4n) is 4.14. The lowest BCUT2D eigenvalue weighted by Gasteiger charge is -2.35. The summed E-state index contributed by atoms with van der Waals surface area (Å²) in [5, 5.41) is 2.77. The van der Waals surface area contributed by atoms with Crippen molar-refractivity contribution >= 4 is 27.5 Å². The lowest BCUT2D eigenvalue weighted by molar-refractivity contribution is -0.142. The second-order valence-electron chi connectivity index (χ2n) is 8.13. The number of fused-ring (bicyclic) bond motifs is 1. The van der Waals surface area contributed by atoms with Gasteiger partial charge in [-0.3, -0.25) is 9.59 Å². The standard InChI is InChI=1S/C21H29N3O6S/c1-2-3-5-18-20(25)22-16-14-15(7-8-17(16)30-18)31(27,28)24-11-9-23(10-12-24)21(26)19-6-4-13-29-19/h7-8,14,18-19H,2-6,9-13H2,1H3,(H,22,25)/t18-,19+/m0/s1. The first-order valence-corrected chi connectivity index (χ1v) is 12.4. The van der Waals surface area contributed by atoms with Crippen LogP contribution in [0.5, 0.6) is 5.75 Å². The molecule has 0 saturated carbocycles. The van der Waals surface area contributed by atoms with Gasteiger partial charge in [0.15, 0.2) is 6.10 Å². The zero-order valence-electron chi connectivity index (χ0n) is 17.7. The Morgan fingerprint density at radius 1 is 1.23 bits per heavy atom. The molecule has 0 radical (unpaired) electrons. The van der Waals surface area contributed by atoms with Gasteiger partial charge in [0.2, 0.25) is 10.0 Å². The molecular formula is C21H29N3O6S. The number of ether oxygens (including phenoxy) is 2. The lowest BCUT2D eigenvalue weighted by atomic mass is 10.1. The van der Waals surface area contributed by atoms with Crippen LogP contribution in [0.3, 0.4) is 0 Å². The highest BCUT2D eigenvalue weighted by Gasteiger charge is 2.35. The summed E-state index contributed by atoms with van der Waals surface area (Å²) in [5.41, 5.74) is 0.367. The van der Waals surface area contributed by atoms with Crippen LogP contribution in [0.2, 0.25) is 0 Å². The van der Waals surface area contributed by atoms with Crippen LogP contribution in [0.1, 0.15) is 39.0 Å². The topological polar surface area (TPSA) is 105 Å². The monoisotopic (exact) mass is 451 g/mol. The predicted octanol–water partition coefficient (Wildman–Crippen LogP) is 1.59. The second kappa shape index (κ2) is 9.13. The number of benzene rings is 1. The average molecular weight is 452 g/mol. The summed E-state index contributed by atoms with van der Waals surface area (Å²) in [7, 11) is -3.75. The molecule has 2 fully saturated rings. The molecule has 9 nitrogen and oxygen atoms in total. The van der Waals surface area contributed by atoms with E-state index in [9.17, 15) is 18.0 Å². The SMILES string of the molecule is CCCC[C@@H]1Oc2ccc(S(=O)(=O)N3CCN(C(=O)[C@H]4CCCO4)CC3)cc2NC1=O. The first-order valence-electron chi connectivity index (χ1n) is 10.9. The number of anilines is 1. The van der Waals surface area contributed by atoms with Gasteiger partial charge in [0.25, 0.3) is 11.8 Å². The van der Waals surface area contributed by atoms with Crippen molar-refractivity contribution in [1.82, 2.24) is 9.21 Å². The van der Waals surface area contributed by atoms with Crippen LogP contribution in [0.25, 0.3) is 0 Å². The van der Waals surface area contributed by atoms with E-state index in [2.05, 4.69) is 5.32 Å². The Balaban J connectivity index is 1.42. The number of rotatable bonds is 6. The molecule has 0 spiro atoms. The number of hydrogen-bond acceptors (Lipinski definition) is 6. The summed E-state index contributed by atoms with van der Waals surface area (Å²) < 4.78 is 38.9. The quantitative estimate of drug-likeness (QED) is 0.704. The molecule has 0 bridgehead atoms. The van der Waals surface area contributed by atoms with Crippen LogP contribution >= 0.6 is 0 Å². The van der Waals surface area contributed by atoms with Crippen molar-refractivity contribution in [2.24, 2.45) is 0 Å². The molecule has 1 aromatic carbocycles. The van der Waals surface area contributed by atoms with E-state index in [1.807, 2.05) is 6.92 Å². The van der Waals surface area contributed by atoms with Crippen LogP contribution in [0, 0.1) is 0 Å². The first kappa shape index (κ1) is 22.0. The molecule has 2 atom stereocenters. The van der Waals surface area contributed by atoms with E-state index >= 15 is 0 Å². The van der Waals surface area contributed by atoms with E-state index < -0.39 is 22.2 Å². The van der Waals surface area contributed by atoms with Crippen molar-refractivity contribution in [2.75, 3.05) is 38.1 Å². The fraction of sp³-hybridized carbons (Fsp3) is 0.619. The maximum Gasteiger partial charge on any atom is 0.265 e. The van der Waals surface area contributed by atoms with Crippen molar-refractivity contribution in [3.05, 3.63) is 18.2 Å². The molecule has 2 amide bonds. The van der Waals surface area contributed by atoms with Gasteiger partial charge in [-0.1, -0.05) is 13.3 Å². The van der Waals surface area contributed by atoms with Gasteiger partial charge in [0.1, 0.15) is 11.9 Å². The summed E-state index contributed by atoms with van der Waals surface area (Å²) >= 11 is 0. The first-order chi connectivity index (χ1) is 14.9. The summed E-state index contributed by atoms with van der Waals surface area (Å²) in [5.74, 6) is 0.171. The number of nitrogens with one attached hydrogen (secondary N) is 1. The van der Waals surface area contributed by atoms with Crippen molar-refractivity contribution in [3.8, 4) is 5.75 Å². The van der Waals surface area contributed by atoms with Crippen molar-refractivity contribution < 1.29 is 27.5 Å². The van der Waals surface area contributed by atoms with E-state index in [1.54, 1.807) is 11.0 Å². The van der Waals surface area contributed by atoms with Crippen LogP contribution in [0.15, 0.2) is 23.1 Å². The molecular weight excluding hydrogens is 422 g/mol. The molecule has 3 aliphatic heterocycles. The molecule has 10 heteroatoms. The Hall–Kier alpha value is -2.17. The van der Waals surface area contributed by atoms with E-state index in [1.165, 1.54) is 16.4 Å². The molecule has 1 aromatic rings. The van der Waals surface area contributed by atoms with Crippen LogP contribution < -0.4 is 10.1 Å². The number of piperazine rings is 1. The lowest BCUT2D eigenvalue weighted by Crippen LogP contribution is -2.52. The summed E-state index contributed by atoms with van der Waals surface area (Å²) in [4.78, 5) is 26.6. The molecule has 31 heavy (non-hydrogen) atoms. The van der Waals surface area contributed by atoms with Gasteiger partial charge in [0, 0.05) is 32.8 Å². The summed E-state index contributed by atoms with van der Waals surface area (Å²) in [6.07, 6.45) is 3.11. The van der Waals surface area contributed by atoms with Crippen LogP contribution in [-0.2, 0) is 24.3 Å². The highest BCUT2D eigenvalue weighted by Crippen LogP contribution is 2.34. The fourth-order valence-corrected chi connectivity index (χ4v) is 5.59. The van der Waals surface area contributed by atoms with Crippen LogP contribution in [0.4, 0.5) is 5.69 Å². The highest BCUT2D eigenvalue weighted by molar-refractivity contribution is 7.89. The molecule has 0 unspecified atom stereocenters. The molecule has 170 valence electrons. The van der Waals surface area contributed by atoms with Gasteiger partial charge >= 0.3 is 0 Å². The number of nitrogens with zero attached hydrogens (tertiary/aromatic N) is 2. The molecule has 3 aliphatic rings. The largest absolute Gasteiger partial charge is 0.478 e. The van der Waals surface area contributed by atoms with Crippen molar-refractivity contribution in [2.45, 2.75) is 56.1 Å². The highest BCUT2D eigenvalue weighted by atomic mass is 32.2. The number of hydrogen-bond donors (Lipinski definition) is 1. The van der Waals surface area contributed by atoms with E-state index in [-0.39, 0.29) is 29.8 Å². The van der Waals surface area contributed by atoms with E-state index in [0.29, 0.717) is 37.6 Å². The van der Waals surface area contributed by atoms with Gasteiger partial charge in [-0.05, 0) is 43.9 Å². The molecule has 0 aliphatic carbocycles. The van der Waals surface area contributed by atoms with E-state index in [4.69, 9.17) is 9.47 Å². The predicted molar refractivity (Wildman–Crippen MR) is 113 cm³/mol. The average Bonchev–Trinajstić information content (AvgIpc) is 3.32. The number of sulfonamides is 1. The Kier molecular flexibility index (Phi) is 6.49. The zero-order valence-corrected chi connectivity index (χ0v) is 18.5. The van der Waals surface area contributed by atoms with Crippen LogP contribution in [-0.4, -0.2) is 74.4 Å². The van der Waals surface area contributed by atoms with Gasteiger partial charge in [-0.25, -0.2) is 8.42 Å². The van der Waals surface area contributed by atoms with E-state index in [0.717, 1.165) is 25.7 Å². The van der Waals surface area contributed by atoms with Crippen molar-refractivity contribution in [1.29, 1.82) is 0 Å². The Labute approximate surface area is 182 Å². The zero-order chi connectivity index (χ0) is 22.0. The van der Waals surface area contributed by atoms with Crippen molar-refractivity contribution in [3.63, 3.8) is 0 Å². The van der Waals surface area contributed by atoms with Gasteiger partial charge in [-0.15, -0.1) is 0 Å². The summed E-state index contributed by atoms with van der Waals surface area (Å²) in [6, 6.07) is 4.55. The minimum absolute atomic E-state index is 0.0548. The van der Waals surface area contributed by atoms with Gasteiger partial charge in [-0.2, -0.15) is 4.31 Å². The summed E-state index contributed by atoms with van der Waals surface area (Å²) in [6.45, 7) is 3.76. The number of carbonyl (C=O) groups is 2. The number of carbonyl (C=O) groups excluding carboxylic acids is 2. The molecule has 2 saturated heterocycles. The Morgan fingerprint density at radius 2 is 2.00 bits per heavy atom.